The summed E-state index contributed by atoms with van der Waals surface area (Å²) in [6.45, 7) is 6.20. The molecule has 0 bridgehead atoms. The van der Waals surface area contributed by atoms with E-state index in [-0.39, 0.29) is 5.78 Å². The first kappa shape index (κ1) is 14.1. The predicted octanol–water partition coefficient (Wildman–Crippen LogP) is 2.91. The van der Waals surface area contributed by atoms with Gasteiger partial charge in [0.15, 0.2) is 5.78 Å². The van der Waals surface area contributed by atoms with Crippen LogP contribution in [-0.2, 0) is 0 Å². The third-order valence-electron chi connectivity index (χ3n) is 3.30. The molecule has 0 radical (unpaired) electrons. The van der Waals surface area contributed by atoms with E-state index in [0.717, 1.165) is 19.3 Å². The van der Waals surface area contributed by atoms with Crippen LogP contribution in [0.2, 0.25) is 0 Å². The molecule has 0 spiro atoms. The lowest BCUT2D eigenvalue weighted by atomic mass is 10.1. The first-order valence-electron chi connectivity index (χ1n) is 6.95. The average molecular weight is 264 g/mol. The Balaban J connectivity index is 1.86. The Bertz CT molecular complexity index is 426. The van der Waals surface area contributed by atoms with Gasteiger partial charge in [0.2, 0.25) is 0 Å². The number of hydrogen-bond acceptors (Lipinski definition) is 3. The van der Waals surface area contributed by atoms with E-state index in [9.17, 15) is 9.18 Å². The van der Waals surface area contributed by atoms with Crippen molar-refractivity contribution in [2.45, 2.75) is 39.2 Å². The monoisotopic (exact) mass is 264 g/mol. The second-order valence-corrected chi connectivity index (χ2v) is 5.65. The molecule has 0 unspecified atom stereocenters. The molecule has 0 atom stereocenters. The highest BCUT2D eigenvalue weighted by Gasteiger charge is 2.29. The van der Waals surface area contributed by atoms with Crippen LogP contribution in [0.5, 0.6) is 0 Å². The van der Waals surface area contributed by atoms with E-state index in [1.165, 1.54) is 25.0 Å². The zero-order valence-electron chi connectivity index (χ0n) is 11.6. The van der Waals surface area contributed by atoms with Crippen LogP contribution in [-0.4, -0.2) is 34.8 Å². The molecule has 0 amide bonds. The van der Waals surface area contributed by atoms with Crippen molar-refractivity contribution in [1.29, 1.82) is 0 Å². The summed E-state index contributed by atoms with van der Waals surface area (Å²) in [5, 5.41) is 0. The number of ketones is 1. The van der Waals surface area contributed by atoms with Gasteiger partial charge in [0.25, 0.3) is 0 Å². The molecule has 1 aromatic heterocycles. The summed E-state index contributed by atoms with van der Waals surface area (Å²) in [5.41, 5.74) is 0.363. The molecule has 104 valence electrons. The Hall–Kier alpha value is -1.29. The van der Waals surface area contributed by atoms with Crippen LogP contribution in [0, 0.1) is 11.7 Å². The van der Waals surface area contributed by atoms with Gasteiger partial charge in [-0.15, -0.1) is 0 Å². The smallest absolute Gasteiger partial charge is 0.182 e. The van der Waals surface area contributed by atoms with Crippen LogP contribution < -0.4 is 0 Å². The molecular formula is C15H21FN2O. The van der Waals surface area contributed by atoms with Crippen LogP contribution in [0.1, 0.15) is 43.6 Å². The molecule has 4 heteroatoms. The summed E-state index contributed by atoms with van der Waals surface area (Å²) in [6.07, 6.45) is 4.05. The lowest BCUT2D eigenvalue weighted by Crippen LogP contribution is -2.32. The zero-order valence-corrected chi connectivity index (χ0v) is 11.6. The number of Topliss-reactive ketones (excluding diaryl/α,β-unsaturated/α-hetero) is 1. The van der Waals surface area contributed by atoms with E-state index in [0.29, 0.717) is 24.1 Å². The molecule has 1 saturated carbocycles. The van der Waals surface area contributed by atoms with Gasteiger partial charge in [0.1, 0.15) is 11.5 Å². The SMILES string of the molecule is CC(C)CN(CCC(=O)c1ccc(F)cn1)C1CC1. The number of rotatable bonds is 7. The highest BCUT2D eigenvalue weighted by Crippen LogP contribution is 2.27. The normalized spacial score (nSPS) is 15.2. The first-order valence-corrected chi connectivity index (χ1v) is 6.95. The maximum atomic E-state index is 12.7. The molecule has 0 saturated heterocycles. The van der Waals surface area contributed by atoms with Crippen molar-refractivity contribution in [2.24, 2.45) is 5.92 Å². The molecule has 2 rings (SSSR count). The van der Waals surface area contributed by atoms with Crippen LogP contribution in [0.25, 0.3) is 0 Å². The standard InChI is InChI=1S/C15H21FN2O/c1-11(2)10-18(13-4-5-13)8-7-15(19)14-6-3-12(16)9-17-14/h3,6,9,11,13H,4-5,7-8,10H2,1-2H3. The van der Waals surface area contributed by atoms with Crippen molar-refractivity contribution < 1.29 is 9.18 Å². The topological polar surface area (TPSA) is 33.2 Å². The van der Waals surface area contributed by atoms with Crippen LogP contribution in [0.3, 0.4) is 0 Å². The van der Waals surface area contributed by atoms with Crippen molar-refractivity contribution in [2.75, 3.05) is 13.1 Å². The number of carbonyl (C=O) groups is 1. The average Bonchev–Trinajstić information content (AvgIpc) is 3.18. The van der Waals surface area contributed by atoms with E-state index in [4.69, 9.17) is 0 Å². The van der Waals surface area contributed by atoms with Crippen molar-refractivity contribution in [3.05, 3.63) is 29.8 Å². The minimum absolute atomic E-state index is 0.00518. The third-order valence-corrected chi connectivity index (χ3v) is 3.30. The second-order valence-electron chi connectivity index (χ2n) is 5.65. The van der Waals surface area contributed by atoms with E-state index >= 15 is 0 Å². The van der Waals surface area contributed by atoms with E-state index in [1.54, 1.807) is 0 Å². The molecule has 0 aromatic carbocycles. The fourth-order valence-electron chi connectivity index (χ4n) is 2.25. The van der Waals surface area contributed by atoms with Gasteiger partial charge >= 0.3 is 0 Å². The Kier molecular flexibility index (Phi) is 4.64. The highest BCUT2D eigenvalue weighted by molar-refractivity contribution is 5.94. The Morgan fingerprint density at radius 2 is 2.21 bits per heavy atom. The fraction of sp³-hybridized carbons (Fsp3) is 0.600. The minimum atomic E-state index is -0.407. The molecule has 3 nitrogen and oxygen atoms in total. The highest BCUT2D eigenvalue weighted by atomic mass is 19.1. The van der Waals surface area contributed by atoms with E-state index < -0.39 is 5.82 Å². The molecule has 19 heavy (non-hydrogen) atoms. The fourth-order valence-corrected chi connectivity index (χ4v) is 2.25. The number of nitrogens with zero attached hydrogens (tertiary/aromatic N) is 2. The molecule has 1 heterocycles. The van der Waals surface area contributed by atoms with Crippen molar-refractivity contribution >= 4 is 5.78 Å². The number of aromatic nitrogens is 1. The van der Waals surface area contributed by atoms with Gasteiger partial charge in [-0.1, -0.05) is 13.8 Å². The molecular weight excluding hydrogens is 243 g/mol. The second kappa shape index (κ2) is 6.24. The van der Waals surface area contributed by atoms with Gasteiger partial charge in [0.05, 0.1) is 6.20 Å². The Morgan fingerprint density at radius 3 is 2.74 bits per heavy atom. The van der Waals surface area contributed by atoms with Gasteiger partial charge in [-0.25, -0.2) is 4.39 Å². The van der Waals surface area contributed by atoms with Crippen molar-refractivity contribution in [3.8, 4) is 0 Å². The minimum Gasteiger partial charge on any atom is -0.300 e. The van der Waals surface area contributed by atoms with Gasteiger partial charge in [0, 0.05) is 25.6 Å². The summed E-state index contributed by atoms with van der Waals surface area (Å²) in [7, 11) is 0. The third kappa shape index (κ3) is 4.39. The Morgan fingerprint density at radius 1 is 1.47 bits per heavy atom. The van der Waals surface area contributed by atoms with E-state index in [2.05, 4.69) is 23.7 Å². The van der Waals surface area contributed by atoms with Crippen LogP contribution >= 0.6 is 0 Å². The maximum Gasteiger partial charge on any atom is 0.182 e. The Labute approximate surface area is 113 Å². The number of carbonyl (C=O) groups excluding carboxylic acids is 1. The quantitative estimate of drug-likeness (QED) is 0.710. The van der Waals surface area contributed by atoms with E-state index in [1.807, 2.05) is 0 Å². The van der Waals surface area contributed by atoms with Crippen LogP contribution in [0.4, 0.5) is 4.39 Å². The predicted molar refractivity (Wildman–Crippen MR) is 72.6 cm³/mol. The summed E-state index contributed by atoms with van der Waals surface area (Å²) >= 11 is 0. The molecule has 0 aliphatic heterocycles. The summed E-state index contributed by atoms with van der Waals surface area (Å²) in [6, 6.07) is 3.41. The van der Waals surface area contributed by atoms with Gasteiger partial charge < -0.3 is 0 Å². The number of hydrogen-bond donors (Lipinski definition) is 0. The lowest BCUT2D eigenvalue weighted by molar-refractivity contribution is 0.0953. The molecule has 1 aliphatic carbocycles. The largest absolute Gasteiger partial charge is 0.300 e. The molecule has 1 aliphatic rings. The summed E-state index contributed by atoms with van der Waals surface area (Å²) in [5.74, 6) is 0.199. The zero-order chi connectivity index (χ0) is 13.8. The van der Waals surface area contributed by atoms with Gasteiger partial charge in [-0.2, -0.15) is 0 Å². The first-order chi connectivity index (χ1) is 9.06. The maximum absolute atomic E-state index is 12.7. The van der Waals surface area contributed by atoms with Gasteiger partial charge in [-0.3, -0.25) is 14.7 Å². The number of halogens is 1. The summed E-state index contributed by atoms with van der Waals surface area (Å²) in [4.78, 5) is 18.2. The van der Waals surface area contributed by atoms with Gasteiger partial charge in [-0.05, 0) is 30.9 Å². The number of pyridine rings is 1. The lowest BCUT2D eigenvalue weighted by Gasteiger charge is -2.23. The summed E-state index contributed by atoms with van der Waals surface area (Å²) < 4.78 is 12.7. The van der Waals surface area contributed by atoms with Crippen molar-refractivity contribution in [3.63, 3.8) is 0 Å². The molecule has 1 aromatic rings. The van der Waals surface area contributed by atoms with Crippen LogP contribution in [0.15, 0.2) is 18.3 Å². The molecule has 1 fully saturated rings. The van der Waals surface area contributed by atoms with Crippen molar-refractivity contribution in [1.82, 2.24) is 9.88 Å². The molecule has 0 N–H and O–H groups in total.